The van der Waals surface area contributed by atoms with Crippen molar-refractivity contribution in [3.8, 4) is 0 Å². The number of Topliss-reactive ketones (excluding diaryl/α,β-unsaturated/α-hetero) is 1. The lowest BCUT2D eigenvalue weighted by molar-refractivity contribution is -0.0246. The third-order valence-corrected chi connectivity index (χ3v) is 3.49. The van der Waals surface area contributed by atoms with Crippen molar-refractivity contribution in [1.82, 2.24) is 0 Å². The normalized spacial score (nSPS) is 22.6. The number of carbonyl (C=O) groups is 1. The fraction of sp³-hybridized carbons (Fsp3) is 0.533. The van der Waals surface area contributed by atoms with Crippen molar-refractivity contribution in [2.75, 3.05) is 6.61 Å². The Morgan fingerprint density at radius 2 is 2.17 bits per heavy atom. The van der Waals surface area contributed by atoms with E-state index in [0.717, 1.165) is 25.0 Å². The van der Waals surface area contributed by atoms with Crippen LogP contribution < -0.4 is 0 Å². The molecule has 0 saturated heterocycles. The zero-order valence-corrected chi connectivity index (χ0v) is 10.9. The highest BCUT2D eigenvalue weighted by Crippen LogP contribution is 2.33. The van der Waals surface area contributed by atoms with Crippen molar-refractivity contribution < 1.29 is 13.9 Å². The molecule has 0 amide bonds. The van der Waals surface area contributed by atoms with Crippen LogP contribution in [-0.4, -0.2) is 18.5 Å². The van der Waals surface area contributed by atoms with Crippen LogP contribution in [-0.2, 0) is 4.74 Å². The maximum absolute atomic E-state index is 13.5. The molecule has 1 saturated carbocycles. The lowest BCUT2D eigenvalue weighted by Crippen LogP contribution is -2.32. The van der Waals surface area contributed by atoms with Crippen molar-refractivity contribution >= 4 is 5.78 Å². The second kappa shape index (κ2) is 5.61. The fourth-order valence-corrected chi connectivity index (χ4v) is 2.44. The van der Waals surface area contributed by atoms with Gasteiger partial charge in [0.05, 0.1) is 11.7 Å². The van der Waals surface area contributed by atoms with Gasteiger partial charge >= 0.3 is 0 Å². The molecule has 3 heteroatoms. The molecule has 2 nitrogen and oxygen atoms in total. The summed E-state index contributed by atoms with van der Waals surface area (Å²) in [5.41, 5.74) is 1.15. The second-order valence-corrected chi connectivity index (χ2v) is 5.03. The van der Waals surface area contributed by atoms with Crippen LogP contribution in [0.3, 0.4) is 0 Å². The van der Waals surface area contributed by atoms with Crippen molar-refractivity contribution in [2.45, 2.75) is 39.2 Å². The van der Waals surface area contributed by atoms with Crippen LogP contribution in [0.4, 0.5) is 4.39 Å². The van der Waals surface area contributed by atoms with Gasteiger partial charge in [0.15, 0.2) is 5.78 Å². The molecule has 0 heterocycles. The predicted molar refractivity (Wildman–Crippen MR) is 68.2 cm³/mol. The Bertz CT molecular complexity index is 436. The third kappa shape index (κ3) is 2.96. The van der Waals surface area contributed by atoms with Crippen LogP contribution >= 0.6 is 0 Å². The highest BCUT2D eigenvalue weighted by molar-refractivity contribution is 5.96. The molecule has 0 aromatic heterocycles. The molecule has 1 aliphatic rings. The molecule has 0 spiro atoms. The smallest absolute Gasteiger partial charge is 0.166 e. The Kier molecular flexibility index (Phi) is 4.12. The first kappa shape index (κ1) is 13.2. The summed E-state index contributed by atoms with van der Waals surface area (Å²) in [5.74, 6) is -0.142. The number of carbonyl (C=O) groups excluding carboxylic acids is 1. The Morgan fingerprint density at radius 1 is 1.44 bits per heavy atom. The van der Waals surface area contributed by atoms with E-state index in [2.05, 4.69) is 0 Å². The van der Waals surface area contributed by atoms with E-state index in [1.165, 1.54) is 6.07 Å². The molecular weight excluding hydrogens is 231 g/mol. The summed E-state index contributed by atoms with van der Waals surface area (Å²) in [4.78, 5) is 12.0. The maximum Gasteiger partial charge on any atom is 0.166 e. The molecule has 0 bridgehead atoms. The molecule has 0 aliphatic heterocycles. The first-order chi connectivity index (χ1) is 8.60. The number of halogens is 1. The molecule has 0 unspecified atom stereocenters. The monoisotopic (exact) mass is 250 g/mol. The third-order valence-electron chi connectivity index (χ3n) is 3.49. The van der Waals surface area contributed by atoms with E-state index in [1.807, 2.05) is 13.8 Å². The molecule has 1 aromatic carbocycles. The van der Waals surface area contributed by atoms with E-state index in [4.69, 9.17) is 4.74 Å². The van der Waals surface area contributed by atoms with Crippen LogP contribution in [0.15, 0.2) is 18.2 Å². The predicted octanol–water partition coefficient (Wildman–Crippen LogP) is 3.52. The first-order valence-corrected chi connectivity index (χ1v) is 6.51. The maximum atomic E-state index is 13.5. The summed E-state index contributed by atoms with van der Waals surface area (Å²) in [5, 5.41) is 0. The highest BCUT2D eigenvalue weighted by Gasteiger charge is 2.31. The molecule has 1 aliphatic carbocycles. The number of aryl methyl sites for hydroxylation is 1. The minimum absolute atomic E-state index is 0.0869. The number of hydrogen-bond acceptors (Lipinski definition) is 2. The van der Waals surface area contributed by atoms with Crippen molar-refractivity contribution in [3.63, 3.8) is 0 Å². The van der Waals surface area contributed by atoms with Crippen LogP contribution in [0.5, 0.6) is 0 Å². The summed E-state index contributed by atoms with van der Waals surface area (Å²) in [6, 6.07) is 4.68. The summed E-state index contributed by atoms with van der Waals surface area (Å²) < 4.78 is 19.0. The SMILES string of the molecule is CCOC1CC(CC(=O)c2cc(C)ccc2F)C1. The van der Waals surface area contributed by atoms with Crippen LogP contribution in [0.2, 0.25) is 0 Å². The summed E-state index contributed by atoms with van der Waals surface area (Å²) >= 11 is 0. The Balaban J connectivity index is 1.91. The molecule has 0 atom stereocenters. The molecule has 18 heavy (non-hydrogen) atoms. The molecule has 1 fully saturated rings. The van der Waals surface area contributed by atoms with Gasteiger partial charge in [-0.3, -0.25) is 4.79 Å². The molecule has 2 rings (SSSR count). The number of ketones is 1. The average Bonchev–Trinajstić information content (AvgIpc) is 2.29. The minimum atomic E-state index is -0.411. The quantitative estimate of drug-likeness (QED) is 0.747. The van der Waals surface area contributed by atoms with Gasteiger partial charge in [0.2, 0.25) is 0 Å². The average molecular weight is 250 g/mol. The number of ether oxygens (including phenoxy) is 1. The van der Waals surface area contributed by atoms with Crippen LogP contribution in [0, 0.1) is 18.7 Å². The van der Waals surface area contributed by atoms with Crippen molar-refractivity contribution in [1.29, 1.82) is 0 Å². The van der Waals surface area contributed by atoms with E-state index >= 15 is 0 Å². The molecule has 98 valence electrons. The van der Waals surface area contributed by atoms with E-state index in [-0.39, 0.29) is 11.3 Å². The van der Waals surface area contributed by atoms with Gasteiger partial charge in [-0.25, -0.2) is 4.39 Å². The zero-order valence-electron chi connectivity index (χ0n) is 10.9. The van der Waals surface area contributed by atoms with E-state index in [1.54, 1.807) is 12.1 Å². The summed E-state index contributed by atoms with van der Waals surface area (Å²) in [6.45, 7) is 4.56. The molecular formula is C15H19FO2. The Hall–Kier alpha value is -1.22. The van der Waals surface area contributed by atoms with E-state index < -0.39 is 5.82 Å². The topological polar surface area (TPSA) is 26.3 Å². The van der Waals surface area contributed by atoms with Gasteiger partial charge in [-0.2, -0.15) is 0 Å². The zero-order chi connectivity index (χ0) is 13.1. The molecule has 1 aromatic rings. The van der Waals surface area contributed by atoms with Crippen molar-refractivity contribution in [2.24, 2.45) is 5.92 Å². The highest BCUT2D eigenvalue weighted by atomic mass is 19.1. The second-order valence-electron chi connectivity index (χ2n) is 5.03. The standard InChI is InChI=1S/C15H19FO2/c1-3-18-12-7-11(8-12)9-15(17)13-6-10(2)4-5-14(13)16/h4-6,11-12H,3,7-9H2,1-2H3. The number of benzene rings is 1. The van der Waals surface area contributed by atoms with E-state index in [0.29, 0.717) is 18.4 Å². The number of hydrogen-bond donors (Lipinski definition) is 0. The van der Waals surface area contributed by atoms with Gasteiger partial charge in [-0.15, -0.1) is 0 Å². The van der Waals surface area contributed by atoms with Gasteiger partial charge in [0.25, 0.3) is 0 Å². The minimum Gasteiger partial charge on any atom is -0.378 e. The lowest BCUT2D eigenvalue weighted by atomic mass is 9.78. The Morgan fingerprint density at radius 3 is 2.83 bits per heavy atom. The summed E-state index contributed by atoms with van der Waals surface area (Å²) in [6.07, 6.45) is 2.58. The molecule has 0 radical (unpaired) electrons. The van der Waals surface area contributed by atoms with Crippen LogP contribution in [0.25, 0.3) is 0 Å². The lowest BCUT2D eigenvalue weighted by Gasteiger charge is -2.34. The van der Waals surface area contributed by atoms with Crippen molar-refractivity contribution in [3.05, 3.63) is 35.1 Å². The van der Waals surface area contributed by atoms with Gasteiger partial charge < -0.3 is 4.74 Å². The van der Waals surface area contributed by atoms with Gasteiger partial charge in [-0.1, -0.05) is 11.6 Å². The summed E-state index contributed by atoms with van der Waals surface area (Å²) in [7, 11) is 0. The Labute approximate surface area is 107 Å². The molecule has 0 N–H and O–H groups in total. The van der Waals surface area contributed by atoms with Gasteiger partial charge in [0.1, 0.15) is 5.82 Å². The number of rotatable bonds is 5. The first-order valence-electron chi connectivity index (χ1n) is 6.51. The fourth-order valence-electron chi connectivity index (χ4n) is 2.44. The van der Waals surface area contributed by atoms with E-state index in [9.17, 15) is 9.18 Å². The van der Waals surface area contributed by atoms with Gasteiger partial charge in [0, 0.05) is 13.0 Å². The largest absolute Gasteiger partial charge is 0.378 e. The van der Waals surface area contributed by atoms with Gasteiger partial charge in [-0.05, 0) is 44.7 Å². The van der Waals surface area contributed by atoms with Crippen LogP contribution in [0.1, 0.15) is 42.1 Å².